The van der Waals surface area contributed by atoms with Crippen LogP contribution >= 0.6 is 15.9 Å². The van der Waals surface area contributed by atoms with Crippen molar-refractivity contribution in [2.75, 3.05) is 18.9 Å². The molecule has 4 heterocycles. The van der Waals surface area contributed by atoms with E-state index in [1.807, 2.05) is 19.3 Å². The van der Waals surface area contributed by atoms with E-state index >= 15 is 0 Å². The minimum absolute atomic E-state index is 0.247. The largest absolute Gasteiger partial charge is 0.358 e. The molecule has 0 spiro atoms. The van der Waals surface area contributed by atoms with E-state index in [1.165, 1.54) is 0 Å². The number of anilines is 1. The first-order valence-corrected chi connectivity index (χ1v) is 8.10. The third kappa shape index (κ3) is 2.43. The standard InChI is InChI=1S/C15H15BrN6O/c1-22-5-3-11-9(7-22)13(21-20-11)15(23)19-14-12-8(2-4-17-12)10(16)6-18-14/h2,4,6,17H,3,5,7H2,1H3,(H,20,21)(H,18,19,23). The molecular formula is C15H15BrN6O. The SMILES string of the molecule is CN1CCc2[nH]nc(C(=O)Nc3ncc(Br)c4cc[nH]c34)c2C1. The zero-order chi connectivity index (χ0) is 16.0. The van der Waals surface area contributed by atoms with Gasteiger partial charge in [-0.15, -0.1) is 0 Å². The number of aromatic amines is 2. The summed E-state index contributed by atoms with van der Waals surface area (Å²) in [6.45, 7) is 1.69. The summed E-state index contributed by atoms with van der Waals surface area (Å²) in [7, 11) is 2.04. The number of pyridine rings is 1. The van der Waals surface area contributed by atoms with Crippen LogP contribution < -0.4 is 5.32 Å². The number of amides is 1. The number of aromatic nitrogens is 4. The quantitative estimate of drug-likeness (QED) is 0.641. The normalized spacial score (nSPS) is 14.9. The molecular weight excluding hydrogens is 360 g/mol. The lowest BCUT2D eigenvalue weighted by Gasteiger charge is -2.22. The van der Waals surface area contributed by atoms with Gasteiger partial charge in [0.15, 0.2) is 11.5 Å². The fourth-order valence-electron chi connectivity index (χ4n) is 2.90. The molecule has 0 aliphatic carbocycles. The molecule has 1 aliphatic heterocycles. The Morgan fingerprint density at radius 1 is 1.48 bits per heavy atom. The summed E-state index contributed by atoms with van der Waals surface area (Å²) in [5.41, 5.74) is 3.24. The van der Waals surface area contributed by atoms with Crippen molar-refractivity contribution in [3.05, 3.63) is 39.9 Å². The van der Waals surface area contributed by atoms with Crippen LogP contribution in [0.2, 0.25) is 0 Å². The predicted octanol–water partition coefficient (Wildman–Crippen LogP) is 2.29. The van der Waals surface area contributed by atoms with Gasteiger partial charge in [0.25, 0.3) is 5.91 Å². The molecule has 7 nitrogen and oxygen atoms in total. The number of H-pyrrole nitrogens is 2. The Kier molecular flexibility index (Phi) is 3.42. The van der Waals surface area contributed by atoms with E-state index in [2.05, 4.69) is 46.3 Å². The highest BCUT2D eigenvalue weighted by Gasteiger charge is 2.24. The van der Waals surface area contributed by atoms with Gasteiger partial charge >= 0.3 is 0 Å². The Hall–Kier alpha value is -2.19. The molecule has 0 atom stereocenters. The molecule has 118 valence electrons. The van der Waals surface area contributed by atoms with Gasteiger partial charge in [-0.2, -0.15) is 5.10 Å². The first-order valence-electron chi connectivity index (χ1n) is 7.31. The molecule has 0 radical (unpaired) electrons. The van der Waals surface area contributed by atoms with Crippen LogP contribution in [0.1, 0.15) is 21.7 Å². The maximum absolute atomic E-state index is 12.6. The highest BCUT2D eigenvalue weighted by Crippen LogP contribution is 2.27. The second-order valence-electron chi connectivity index (χ2n) is 5.69. The van der Waals surface area contributed by atoms with E-state index in [-0.39, 0.29) is 5.91 Å². The van der Waals surface area contributed by atoms with Crippen LogP contribution in [0.15, 0.2) is 22.9 Å². The average molecular weight is 375 g/mol. The van der Waals surface area contributed by atoms with E-state index in [4.69, 9.17) is 0 Å². The van der Waals surface area contributed by atoms with Crippen LogP contribution in [0, 0.1) is 0 Å². The predicted molar refractivity (Wildman–Crippen MR) is 90.4 cm³/mol. The minimum Gasteiger partial charge on any atom is -0.358 e. The van der Waals surface area contributed by atoms with Crippen LogP contribution in [-0.4, -0.2) is 44.6 Å². The van der Waals surface area contributed by atoms with Gasteiger partial charge in [0.1, 0.15) is 0 Å². The first kappa shape index (κ1) is 14.4. The number of nitrogens with zero attached hydrogens (tertiary/aromatic N) is 3. The Morgan fingerprint density at radius 2 is 2.35 bits per heavy atom. The van der Waals surface area contributed by atoms with Gasteiger partial charge in [0, 0.05) is 53.0 Å². The molecule has 0 aromatic carbocycles. The van der Waals surface area contributed by atoms with Crippen molar-refractivity contribution in [3.8, 4) is 0 Å². The number of carbonyl (C=O) groups excluding carboxylic acids is 1. The number of halogens is 1. The van der Waals surface area contributed by atoms with Gasteiger partial charge < -0.3 is 15.2 Å². The molecule has 23 heavy (non-hydrogen) atoms. The second-order valence-corrected chi connectivity index (χ2v) is 6.55. The third-order valence-electron chi connectivity index (χ3n) is 4.12. The third-order valence-corrected chi connectivity index (χ3v) is 4.75. The minimum atomic E-state index is -0.247. The molecule has 0 saturated heterocycles. The Labute approximate surface area is 140 Å². The number of hydrogen-bond acceptors (Lipinski definition) is 4. The molecule has 4 rings (SSSR count). The zero-order valence-corrected chi connectivity index (χ0v) is 14.1. The van der Waals surface area contributed by atoms with Crippen molar-refractivity contribution in [2.24, 2.45) is 0 Å². The van der Waals surface area contributed by atoms with Crippen molar-refractivity contribution < 1.29 is 4.79 Å². The topological polar surface area (TPSA) is 89.7 Å². The zero-order valence-electron chi connectivity index (χ0n) is 12.5. The molecule has 8 heteroatoms. The van der Waals surface area contributed by atoms with E-state index in [9.17, 15) is 4.79 Å². The summed E-state index contributed by atoms with van der Waals surface area (Å²) in [6.07, 6.45) is 4.38. The van der Waals surface area contributed by atoms with E-state index < -0.39 is 0 Å². The molecule has 0 saturated carbocycles. The summed E-state index contributed by atoms with van der Waals surface area (Å²) < 4.78 is 0.880. The number of hydrogen-bond donors (Lipinski definition) is 3. The van der Waals surface area contributed by atoms with Gasteiger partial charge in [-0.3, -0.25) is 9.89 Å². The summed E-state index contributed by atoms with van der Waals surface area (Å²) in [6, 6.07) is 1.93. The first-order chi connectivity index (χ1) is 11.1. The van der Waals surface area contributed by atoms with Crippen LogP contribution in [-0.2, 0) is 13.0 Å². The van der Waals surface area contributed by atoms with Gasteiger partial charge in [0.2, 0.25) is 0 Å². The summed E-state index contributed by atoms with van der Waals surface area (Å²) in [5.74, 6) is 0.252. The fraction of sp³-hybridized carbons (Fsp3) is 0.267. The van der Waals surface area contributed by atoms with Crippen LogP contribution in [0.3, 0.4) is 0 Å². The van der Waals surface area contributed by atoms with Crippen molar-refractivity contribution in [1.29, 1.82) is 0 Å². The lowest BCUT2D eigenvalue weighted by atomic mass is 10.1. The number of carbonyl (C=O) groups is 1. The van der Waals surface area contributed by atoms with Crippen molar-refractivity contribution >= 4 is 38.6 Å². The van der Waals surface area contributed by atoms with Gasteiger partial charge in [-0.1, -0.05) is 0 Å². The Balaban J connectivity index is 1.67. The summed E-state index contributed by atoms with van der Waals surface area (Å²) in [4.78, 5) is 22.2. The maximum Gasteiger partial charge on any atom is 0.277 e. The van der Waals surface area contributed by atoms with Crippen molar-refractivity contribution in [3.63, 3.8) is 0 Å². The molecule has 3 N–H and O–H groups in total. The van der Waals surface area contributed by atoms with Gasteiger partial charge in [-0.25, -0.2) is 4.98 Å². The molecule has 0 unspecified atom stereocenters. The highest BCUT2D eigenvalue weighted by molar-refractivity contribution is 9.10. The smallest absolute Gasteiger partial charge is 0.277 e. The van der Waals surface area contributed by atoms with Gasteiger partial charge in [-0.05, 0) is 29.0 Å². The van der Waals surface area contributed by atoms with Crippen LogP contribution in [0.4, 0.5) is 5.82 Å². The number of likely N-dealkylation sites (N-methyl/N-ethyl adjacent to an activating group) is 1. The van der Waals surface area contributed by atoms with E-state index in [1.54, 1.807) is 6.20 Å². The van der Waals surface area contributed by atoms with Gasteiger partial charge in [0.05, 0.1) is 5.52 Å². The number of nitrogens with one attached hydrogen (secondary N) is 3. The van der Waals surface area contributed by atoms with Crippen molar-refractivity contribution in [1.82, 2.24) is 25.1 Å². The molecule has 0 fully saturated rings. The molecule has 1 aliphatic rings. The maximum atomic E-state index is 12.6. The van der Waals surface area contributed by atoms with Crippen LogP contribution in [0.5, 0.6) is 0 Å². The monoisotopic (exact) mass is 374 g/mol. The van der Waals surface area contributed by atoms with E-state index in [0.717, 1.165) is 46.1 Å². The second kappa shape index (κ2) is 5.47. The average Bonchev–Trinajstić information content (AvgIpc) is 3.16. The number of fused-ring (bicyclic) bond motifs is 2. The number of rotatable bonds is 2. The fourth-order valence-corrected chi connectivity index (χ4v) is 3.33. The lowest BCUT2D eigenvalue weighted by molar-refractivity contribution is 0.102. The van der Waals surface area contributed by atoms with Crippen molar-refractivity contribution in [2.45, 2.75) is 13.0 Å². The molecule has 3 aromatic heterocycles. The van der Waals surface area contributed by atoms with E-state index in [0.29, 0.717) is 11.5 Å². The highest BCUT2D eigenvalue weighted by atomic mass is 79.9. The molecule has 3 aromatic rings. The lowest BCUT2D eigenvalue weighted by Crippen LogP contribution is -2.27. The summed E-state index contributed by atoms with van der Waals surface area (Å²) in [5, 5.41) is 11.0. The van der Waals surface area contributed by atoms with Crippen LogP contribution in [0.25, 0.3) is 10.9 Å². The summed E-state index contributed by atoms with van der Waals surface area (Å²) >= 11 is 3.45. The Morgan fingerprint density at radius 3 is 3.22 bits per heavy atom. The Bertz CT molecular complexity index is 899. The molecule has 1 amide bonds. The molecule has 0 bridgehead atoms.